The van der Waals surface area contributed by atoms with E-state index in [9.17, 15) is 0 Å². The van der Waals surface area contributed by atoms with Crippen LogP contribution in [0, 0.1) is 0 Å². The van der Waals surface area contributed by atoms with Crippen LogP contribution in [0.2, 0.25) is 0 Å². The van der Waals surface area contributed by atoms with E-state index in [1.807, 2.05) is 36.4 Å². The van der Waals surface area contributed by atoms with E-state index in [1.165, 1.54) is 0 Å². The molecule has 0 amide bonds. The number of furan rings is 1. The largest absolute Gasteiger partial charge is 0.461 e. The number of rotatable bonds is 8. The van der Waals surface area contributed by atoms with Gasteiger partial charge in [-0.25, -0.2) is 4.98 Å². The van der Waals surface area contributed by atoms with Crippen LogP contribution in [0.3, 0.4) is 0 Å². The molecule has 8 nitrogen and oxygen atoms in total. The maximum atomic E-state index is 5.64. The number of hydrogen-bond donors (Lipinski definition) is 3. The molecule has 1 aromatic carbocycles. The second-order valence-electron chi connectivity index (χ2n) is 5.47. The van der Waals surface area contributed by atoms with Gasteiger partial charge in [0.25, 0.3) is 0 Å². The third-order valence-corrected chi connectivity index (χ3v) is 3.57. The van der Waals surface area contributed by atoms with Gasteiger partial charge in [-0.1, -0.05) is 30.3 Å². The van der Waals surface area contributed by atoms with Gasteiger partial charge in [-0.05, 0) is 17.7 Å². The summed E-state index contributed by atoms with van der Waals surface area (Å²) in [5.41, 5.74) is 1.16. The number of aliphatic imine (C=N–C) groups is 1. The SMILES string of the molecule is CN=C(NCCOCc1ccccc1)NCc1nc(-c2ccco2)n[nH]1. The highest BCUT2D eigenvalue weighted by molar-refractivity contribution is 5.79. The molecule has 0 fully saturated rings. The quantitative estimate of drug-likeness (QED) is 0.325. The summed E-state index contributed by atoms with van der Waals surface area (Å²) in [5.74, 6) is 2.53. The molecule has 26 heavy (non-hydrogen) atoms. The summed E-state index contributed by atoms with van der Waals surface area (Å²) < 4.78 is 10.9. The van der Waals surface area contributed by atoms with Crippen molar-refractivity contribution in [3.05, 3.63) is 60.1 Å². The molecule has 0 bridgehead atoms. The van der Waals surface area contributed by atoms with Crippen molar-refractivity contribution in [2.24, 2.45) is 4.99 Å². The Hall–Kier alpha value is -3.13. The fourth-order valence-electron chi connectivity index (χ4n) is 2.28. The zero-order valence-corrected chi connectivity index (χ0v) is 14.6. The lowest BCUT2D eigenvalue weighted by Gasteiger charge is -2.11. The Labute approximate surface area is 151 Å². The number of hydrogen-bond acceptors (Lipinski definition) is 5. The first-order valence-corrected chi connectivity index (χ1v) is 8.36. The average molecular weight is 354 g/mol. The number of nitrogens with zero attached hydrogens (tertiary/aromatic N) is 3. The summed E-state index contributed by atoms with van der Waals surface area (Å²) in [6, 6.07) is 13.7. The zero-order chi connectivity index (χ0) is 18.0. The van der Waals surface area contributed by atoms with Crippen LogP contribution in [0.25, 0.3) is 11.6 Å². The van der Waals surface area contributed by atoms with Gasteiger partial charge in [0.1, 0.15) is 5.82 Å². The molecule has 0 atom stereocenters. The van der Waals surface area contributed by atoms with E-state index in [2.05, 4.69) is 30.8 Å². The molecule has 0 saturated carbocycles. The number of aromatic nitrogens is 3. The number of guanidine groups is 1. The van der Waals surface area contributed by atoms with Gasteiger partial charge in [0.05, 0.1) is 26.0 Å². The van der Waals surface area contributed by atoms with E-state index in [0.717, 1.165) is 5.56 Å². The third-order valence-electron chi connectivity index (χ3n) is 3.57. The second-order valence-corrected chi connectivity index (χ2v) is 5.47. The normalized spacial score (nSPS) is 11.5. The molecule has 2 heterocycles. The summed E-state index contributed by atoms with van der Waals surface area (Å²) in [6.45, 7) is 2.31. The summed E-state index contributed by atoms with van der Waals surface area (Å²) in [4.78, 5) is 8.55. The molecule has 0 radical (unpaired) electrons. The minimum absolute atomic E-state index is 0.470. The summed E-state index contributed by atoms with van der Waals surface area (Å²) in [5, 5.41) is 13.4. The molecule has 2 aromatic heterocycles. The molecule has 136 valence electrons. The summed E-state index contributed by atoms with van der Waals surface area (Å²) >= 11 is 0. The number of ether oxygens (including phenoxy) is 1. The van der Waals surface area contributed by atoms with Crippen LogP contribution in [0.4, 0.5) is 0 Å². The lowest BCUT2D eigenvalue weighted by molar-refractivity contribution is 0.125. The highest BCUT2D eigenvalue weighted by Gasteiger charge is 2.08. The van der Waals surface area contributed by atoms with Crippen LogP contribution >= 0.6 is 0 Å². The lowest BCUT2D eigenvalue weighted by atomic mass is 10.2. The Morgan fingerprint density at radius 2 is 2.08 bits per heavy atom. The van der Waals surface area contributed by atoms with Crippen molar-refractivity contribution in [1.82, 2.24) is 25.8 Å². The van der Waals surface area contributed by atoms with Crippen molar-refractivity contribution in [3.8, 4) is 11.6 Å². The molecule has 3 aromatic rings. The summed E-state index contributed by atoms with van der Waals surface area (Å²) in [7, 11) is 1.72. The first-order valence-electron chi connectivity index (χ1n) is 8.36. The average Bonchev–Trinajstić information content (AvgIpc) is 3.36. The monoisotopic (exact) mass is 354 g/mol. The van der Waals surface area contributed by atoms with Crippen molar-refractivity contribution in [1.29, 1.82) is 0 Å². The minimum atomic E-state index is 0.470. The Morgan fingerprint density at radius 3 is 2.85 bits per heavy atom. The predicted molar refractivity (Wildman–Crippen MR) is 98.4 cm³/mol. The number of benzene rings is 1. The van der Waals surface area contributed by atoms with Crippen molar-refractivity contribution in [2.45, 2.75) is 13.2 Å². The van der Waals surface area contributed by atoms with E-state index >= 15 is 0 Å². The highest BCUT2D eigenvalue weighted by atomic mass is 16.5. The molecule has 0 unspecified atom stereocenters. The molecule has 8 heteroatoms. The fourth-order valence-corrected chi connectivity index (χ4v) is 2.28. The first-order chi connectivity index (χ1) is 12.8. The fraction of sp³-hybridized carbons (Fsp3) is 0.278. The third kappa shape index (κ3) is 5.18. The Kier molecular flexibility index (Phi) is 6.38. The van der Waals surface area contributed by atoms with E-state index in [-0.39, 0.29) is 0 Å². The Morgan fingerprint density at radius 1 is 1.19 bits per heavy atom. The molecular formula is C18H22N6O2. The van der Waals surface area contributed by atoms with E-state index in [0.29, 0.717) is 49.7 Å². The number of H-pyrrole nitrogens is 1. The van der Waals surface area contributed by atoms with Gasteiger partial charge in [0.15, 0.2) is 11.7 Å². The lowest BCUT2D eigenvalue weighted by Crippen LogP contribution is -2.38. The van der Waals surface area contributed by atoms with E-state index < -0.39 is 0 Å². The number of nitrogens with one attached hydrogen (secondary N) is 3. The van der Waals surface area contributed by atoms with Gasteiger partial charge in [-0.2, -0.15) is 0 Å². The molecule has 0 aliphatic heterocycles. The maximum Gasteiger partial charge on any atom is 0.216 e. The molecule has 3 N–H and O–H groups in total. The van der Waals surface area contributed by atoms with Gasteiger partial charge in [0.2, 0.25) is 5.82 Å². The Bertz CT molecular complexity index is 798. The van der Waals surface area contributed by atoms with Crippen molar-refractivity contribution in [2.75, 3.05) is 20.2 Å². The predicted octanol–water partition coefficient (Wildman–Crippen LogP) is 1.95. The van der Waals surface area contributed by atoms with E-state index in [4.69, 9.17) is 9.15 Å². The van der Waals surface area contributed by atoms with Gasteiger partial charge >= 0.3 is 0 Å². The minimum Gasteiger partial charge on any atom is -0.461 e. The zero-order valence-electron chi connectivity index (χ0n) is 14.6. The van der Waals surface area contributed by atoms with Crippen LogP contribution in [0.1, 0.15) is 11.4 Å². The van der Waals surface area contributed by atoms with Crippen molar-refractivity contribution < 1.29 is 9.15 Å². The van der Waals surface area contributed by atoms with Crippen LogP contribution in [0.15, 0.2) is 58.1 Å². The molecule has 0 aliphatic rings. The van der Waals surface area contributed by atoms with Crippen LogP contribution in [-0.2, 0) is 17.9 Å². The second kappa shape index (κ2) is 9.38. The molecule has 0 spiro atoms. The van der Waals surface area contributed by atoms with Crippen LogP contribution in [0.5, 0.6) is 0 Å². The van der Waals surface area contributed by atoms with Gasteiger partial charge < -0.3 is 19.8 Å². The van der Waals surface area contributed by atoms with Gasteiger partial charge in [0, 0.05) is 13.6 Å². The van der Waals surface area contributed by atoms with Crippen LogP contribution in [-0.4, -0.2) is 41.3 Å². The number of aromatic amines is 1. The van der Waals surface area contributed by atoms with Crippen LogP contribution < -0.4 is 10.6 Å². The standard InChI is InChI=1S/C18H22N6O2/c1-19-18(20-9-11-25-13-14-6-3-2-4-7-14)21-12-16-22-17(24-23-16)15-8-5-10-26-15/h2-8,10H,9,11-13H2,1H3,(H2,19,20,21)(H,22,23,24). The molecule has 0 aliphatic carbocycles. The first kappa shape index (κ1) is 17.7. The molecule has 0 saturated heterocycles. The van der Waals surface area contributed by atoms with Gasteiger partial charge in [-0.3, -0.25) is 10.1 Å². The molecular weight excluding hydrogens is 332 g/mol. The van der Waals surface area contributed by atoms with E-state index in [1.54, 1.807) is 19.4 Å². The summed E-state index contributed by atoms with van der Waals surface area (Å²) in [6.07, 6.45) is 1.59. The molecule has 3 rings (SSSR count). The highest BCUT2D eigenvalue weighted by Crippen LogP contribution is 2.14. The van der Waals surface area contributed by atoms with Gasteiger partial charge in [-0.15, -0.1) is 5.10 Å². The Balaban J connectivity index is 1.36. The smallest absolute Gasteiger partial charge is 0.216 e. The van der Waals surface area contributed by atoms with Crippen molar-refractivity contribution in [3.63, 3.8) is 0 Å². The topological polar surface area (TPSA) is 100 Å². The van der Waals surface area contributed by atoms with Crippen molar-refractivity contribution >= 4 is 5.96 Å². The maximum absolute atomic E-state index is 5.64.